The van der Waals surface area contributed by atoms with Crippen molar-refractivity contribution >= 4 is 27.3 Å². The van der Waals surface area contributed by atoms with Crippen molar-refractivity contribution in [3.63, 3.8) is 0 Å². The molecule has 1 aliphatic rings. The summed E-state index contributed by atoms with van der Waals surface area (Å²) in [5.74, 6) is -0.401. The maximum absolute atomic E-state index is 12.9. The lowest BCUT2D eigenvalue weighted by molar-refractivity contribution is 0.0954. The fourth-order valence-electron chi connectivity index (χ4n) is 4.26. The molecule has 2 aromatic rings. The number of nitrogens with one attached hydrogen (secondary N) is 2. The molecule has 1 saturated carbocycles. The van der Waals surface area contributed by atoms with Crippen molar-refractivity contribution in [3.8, 4) is 0 Å². The fourth-order valence-corrected chi connectivity index (χ4v) is 5.44. The topological polar surface area (TPSA) is 87.6 Å². The van der Waals surface area contributed by atoms with E-state index >= 15 is 0 Å². The Bertz CT molecular complexity index is 1100. The van der Waals surface area contributed by atoms with Gasteiger partial charge < -0.3 is 0 Å². The van der Waals surface area contributed by atoms with Gasteiger partial charge in [-0.3, -0.25) is 9.52 Å². The van der Waals surface area contributed by atoms with Crippen molar-refractivity contribution < 1.29 is 13.2 Å². The molecule has 0 aliphatic heterocycles. The van der Waals surface area contributed by atoms with Gasteiger partial charge in [-0.15, -0.1) is 0 Å². The predicted molar refractivity (Wildman–Crippen MR) is 139 cm³/mol. The standard InChI is InChI=1S/C27H37N3O3S/c1-21-17-18-26(22(2)19-21)30-34(32,33)25-16-12-13-23(20-25)27(31)29-28-24-14-10-8-6-4-3-5-7-9-11-15-24/h12-13,16-20,30H,3-11,14-15H2,1-2H3,(H,29,31). The number of aryl methyl sites for hydroxylation is 2. The van der Waals surface area contributed by atoms with E-state index in [1.165, 1.54) is 57.1 Å². The van der Waals surface area contributed by atoms with Gasteiger partial charge in [-0.2, -0.15) is 5.10 Å². The molecule has 3 rings (SSSR count). The number of hydrogen-bond donors (Lipinski definition) is 2. The maximum Gasteiger partial charge on any atom is 0.271 e. The first-order valence-electron chi connectivity index (χ1n) is 12.4. The van der Waals surface area contributed by atoms with E-state index < -0.39 is 15.9 Å². The summed E-state index contributed by atoms with van der Waals surface area (Å²) in [5, 5.41) is 4.42. The molecular weight excluding hydrogens is 446 g/mol. The predicted octanol–water partition coefficient (Wildman–Crippen LogP) is 6.49. The van der Waals surface area contributed by atoms with Gasteiger partial charge in [0.05, 0.1) is 10.6 Å². The molecule has 1 amide bonds. The van der Waals surface area contributed by atoms with Gasteiger partial charge in [-0.25, -0.2) is 13.8 Å². The number of hydrazone groups is 1. The second-order valence-corrected chi connectivity index (χ2v) is 10.9. The number of benzene rings is 2. The lowest BCUT2D eigenvalue weighted by atomic mass is 10.00. The summed E-state index contributed by atoms with van der Waals surface area (Å²) >= 11 is 0. The Hall–Kier alpha value is -2.67. The minimum Gasteiger partial charge on any atom is -0.279 e. The number of nitrogens with zero attached hydrogens (tertiary/aromatic N) is 1. The summed E-state index contributed by atoms with van der Waals surface area (Å²) in [6.45, 7) is 3.81. The zero-order valence-electron chi connectivity index (χ0n) is 20.4. The molecule has 34 heavy (non-hydrogen) atoms. The zero-order chi connectivity index (χ0) is 24.4. The van der Waals surface area contributed by atoms with Crippen LogP contribution in [-0.4, -0.2) is 20.0 Å². The van der Waals surface area contributed by atoms with Crippen molar-refractivity contribution in [2.45, 2.75) is 89.4 Å². The van der Waals surface area contributed by atoms with E-state index in [2.05, 4.69) is 15.2 Å². The number of hydrogen-bond acceptors (Lipinski definition) is 4. The van der Waals surface area contributed by atoms with Crippen LogP contribution in [0.25, 0.3) is 0 Å². The Morgan fingerprint density at radius 1 is 0.824 bits per heavy atom. The number of sulfonamides is 1. The molecule has 0 heterocycles. The van der Waals surface area contributed by atoms with Gasteiger partial charge in [0, 0.05) is 11.3 Å². The normalized spacial score (nSPS) is 16.1. The Morgan fingerprint density at radius 3 is 2.06 bits per heavy atom. The minimum atomic E-state index is -3.83. The molecule has 0 unspecified atom stereocenters. The number of anilines is 1. The molecule has 0 spiro atoms. The lowest BCUT2D eigenvalue weighted by Crippen LogP contribution is -2.21. The van der Waals surface area contributed by atoms with Crippen molar-refractivity contribution in [2.75, 3.05) is 4.72 Å². The third kappa shape index (κ3) is 7.97. The van der Waals surface area contributed by atoms with Gasteiger partial charge in [-0.05, 0) is 69.4 Å². The second-order valence-electron chi connectivity index (χ2n) is 9.25. The molecule has 1 aliphatic carbocycles. The van der Waals surface area contributed by atoms with Crippen LogP contribution >= 0.6 is 0 Å². The number of amides is 1. The first-order chi connectivity index (χ1) is 16.3. The van der Waals surface area contributed by atoms with E-state index in [4.69, 9.17) is 0 Å². The molecular formula is C27H37N3O3S. The molecule has 184 valence electrons. The monoisotopic (exact) mass is 483 g/mol. The van der Waals surface area contributed by atoms with E-state index in [0.717, 1.165) is 42.5 Å². The Balaban J connectivity index is 1.68. The van der Waals surface area contributed by atoms with Crippen LogP contribution in [-0.2, 0) is 10.0 Å². The summed E-state index contributed by atoms with van der Waals surface area (Å²) in [6, 6.07) is 11.6. The molecule has 0 atom stereocenters. The van der Waals surface area contributed by atoms with E-state index in [1.807, 2.05) is 26.0 Å². The van der Waals surface area contributed by atoms with Gasteiger partial charge in [0.15, 0.2) is 0 Å². The highest BCUT2D eigenvalue weighted by Gasteiger charge is 2.17. The highest BCUT2D eigenvalue weighted by molar-refractivity contribution is 7.92. The Kier molecular flexibility index (Phi) is 9.69. The van der Waals surface area contributed by atoms with Crippen LogP contribution in [0, 0.1) is 13.8 Å². The molecule has 0 saturated heterocycles. The van der Waals surface area contributed by atoms with Crippen molar-refractivity contribution in [3.05, 3.63) is 59.2 Å². The summed E-state index contributed by atoms with van der Waals surface area (Å²) in [4.78, 5) is 12.8. The molecule has 2 N–H and O–H groups in total. The second kappa shape index (κ2) is 12.7. The van der Waals surface area contributed by atoms with Crippen LogP contribution in [0.1, 0.15) is 92.1 Å². The van der Waals surface area contributed by atoms with Crippen LogP contribution < -0.4 is 10.1 Å². The minimum absolute atomic E-state index is 0.0405. The highest BCUT2D eigenvalue weighted by atomic mass is 32.2. The van der Waals surface area contributed by atoms with Gasteiger partial charge in [0.1, 0.15) is 0 Å². The third-order valence-corrected chi connectivity index (χ3v) is 7.64. The number of carbonyl (C=O) groups excluding carboxylic acids is 1. The van der Waals surface area contributed by atoms with Crippen molar-refractivity contribution in [1.29, 1.82) is 0 Å². The van der Waals surface area contributed by atoms with E-state index in [1.54, 1.807) is 18.2 Å². The fraction of sp³-hybridized carbons (Fsp3) is 0.481. The number of carbonyl (C=O) groups is 1. The van der Waals surface area contributed by atoms with Crippen LogP contribution in [0.2, 0.25) is 0 Å². The van der Waals surface area contributed by atoms with Gasteiger partial charge in [0.25, 0.3) is 15.9 Å². The average Bonchev–Trinajstić information content (AvgIpc) is 2.80. The van der Waals surface area contributed by atoms with Crippen LogP contribution in [0.15, 0.2) is 52.5 Å². The lowest BCUT2D eigenvalue weighted by Gasteiger charge is -2.12. The van der Waals surface area contributed by atoms with E-state index in [9.17, 15) is 13.2 Å². The largest absolute Gasteiger partial charge is 0.279 e. The van der Waals surface area contributed by atoms with E-state index in [0.29, 0.717) is 5.69 Å². The number of rotatable bonds is 5. The van der Waals surface area contributed by atoms with E-state index in [-0.39, 0.29) is 10.5 Å². The Morgan fingerprint density at radius 2 is 1.44 bits per heavy atom. The smallest absolute Gasteiger partial charge is 0.271 e. The van der Waals surface area contributed by atoms with Crippen LogP contribution in [0.5, 0.6) is 0 Å². The third-order valence-electron chi connectivity index (χ3n) is 6.28. The summed E-state index contributed by atoms with van der Waals surface area (Å²) in [7, 11) is -3.83. The summed E-state index contributed by atoms with van der Waals surface area (Å²) in [5.41, 5.74) is 6.36. The molecule has 1 fully saturated rings. The average molecular weight is 484 g/mol. The first-order valence-corrected chi connectivity index (χ1v) is 13.9. The molecule has 6 nitrogen and oxygen atoms in total. The molecule has 2 aromatic carbocycles. The van der Waals surface area contributed by atoms with Crippen LogP contribution in [0.3, 0.4) is 0 Å². The van der Waals surface area contributed by atoms with Crippen molar-refractivity contribution in [2.24, 2.45) is 5.10 Å². The first kappa shape index (κ1) is 25.9. The summed E-state index contributed by atoms with van der Waals surface area (Å²) in [6.07, 6.45) is 12.8. The Labute approximate surface area is 204 Å². The van der Waals surface area contributed by atoms with Gasteiger partial charge >= 0.3 is 0 Å². The van der Waals surface area contributed by atoms with Gasteiger partial charge in [-0.1, -0.05) is 68.7 Å². The highest BCUT2D eigenvalue weighted by Crippen LogP contribution is 2.21. The maximum atomic E-state index is 12.9. The van der Waals surface area contributed by atoms with Gasteiger partial charge in [0.2, 0.25) is 0 Å². The summed E-state index contributed by atoms with van der Waals surface area (Å²) < 4.78 is 28.5. The quantitative estimate of drug-likeness (QED) is 0.476. The van der Waals surface area contributed by atoms with Crippen molar-refractivity contribution in [1.82, 2.24) is 5.43 Å². The molecule has 0 aromatic heterocycles. The molecule has 0 bridgehead atoms. The van der Waals surface area contributed by atoms with Crippen LogP contribution in [0.4, 0.5) is 5.69 Å². The molecule has 7 heteroatoms. The zero-order valence-corrected chi connectivity index (χ0v) is 21.2. The SMILES string of the molecule is Cc1ccc(NS(=O)(=O)c2cccc(C(=O)NN=C3CCCCCCCCCCC3)c2)c(C)c1. The molecule has 0 radical (unpaired) electrons.